The van der Waals surface area contributed by atoms with Crippen molar-refractivity contribution in [3.63, 3.8) is 0 Å². The lowest BCUT2D eigenvalue weighted by Crippen LogP contribution is -2.36. The van der Waals surface area contributed by atoms with Crippen LogP contribution in [0.4, 0.5) is 25.0 Å². The smallest absolute Gasteiger partial charge is 0.323 e. The van der Waals surface area contributed by atoms with Gasteiger partial charge in [0.05, 0.1) is 5.69 Å². The Kier molecular flexibility index (Phi) is 6.01. The largest absolute Gasteiger partial charge is 0.349 e. The van der Waals surface area contributed by atoms with Crippen molar-refractivity contribution in [2.45, 2.75) is 38.1 Å². The molecule has 1 fully saturated rings. The summed E-state index contributed by atoms with van der Waals surface area (Å²) >= 11 is 0. The standard InChI is InChI=1S/C20H21F2N3O2/c21-14-8-11-18(17(22)12-14)25-20(27)24-16-9-6-13(7-10-16)19(26)23-15-4-2-1-3-5-15/h6-12,15H,1-5H2,(H,23,26)(H2,24,25,27). The number of anilines is 2. The van der Waals surface area contributed by atoms with Crippen LogP contribution in [0.15, 0.2) is 42.5 Å². The first-order chi connectivity index (χ1) is 13.0. The summed E-state index contributed by atoms with van der Waals surface area (Å²) in [4.78, 5) is 24.2. The van der Waals surface area contributed by atoms with Gasteiger partial charge in [-0.05, 0) is 49.2 Å². The van der Waals surface area contributed by atoms with Crippen molar-refractivity contribution < 1.29 is 18.4 Å². The molecule has 0 bridgehead atoms. The van der Waals surface area contributed by atoms with Gasteiger partial charge in [0, 0.05) is 23.4 Å². The molecule has 5 nitrogen and oxygen atoms in total. The molecule has 3 rings (SSSR count). The van der Waals surface area contributed by atoms with E-state index in [-0.39, 0.29) is 17.6 Å². The first-order valence-electron chi connectivity index (χ1n) is 8.95. The lowest BCUT2D eigenvalue weighted by Gasteiger charge is -2.22. The summed E-state index contributed by atoms with van der Waals surface area (Å²) in [6.45, 7) is 0. The maximum atomic E-state index is 13.6. The summed E-state index contributed by atoms with van der Waals surface area (Å²) in [6.07, 6.45) is 5.50. The molecule has 7 heteroatoms. The van der Waals surface area contributed by atoms with Gasteiger partial charge in [-0.15, -0.1) is 0 Å². The van der Waals surface area contributed by atoms with Crippen molar-refractivity contribution in [1.82, 2.24) is 5.32 Å². The molecule has 3 N–H and O–H groups in total. The summed E-state index contributed by atoms with van der Waals surface area (Å²) in [5.74, 6) is -1.72. The molecule has 0 aromatic heterocycles. The Labute approximate surface area is 156 Å². The third-order valence-corrected chi connectivity index (χ3v) is 4.52. The number of halogens is 2. The van der Waals surface area contributed by atoms with Crippen molar-refractivity contribution in [2.24, 2.45) is 0 Å². The highest BCUT2D eigenvalue weighted by Crippen LogP contribution is 2.19. The minimum atomic E-state index is -0.861. The molecule has 2 aromatic carbocycles. The number of benzene rings is 2. The molecule has 27 heavy (non-hydrogen) atoms. The number of rotatable bonds is 4. The average molecular weight is 373 g/mol. The number of urea groups is 1. The zero-order chi connectivity index (χ0) is 19.2. The second-order valence-corrected chi connectivity index (χ2v) is 6.59. The van der Waals surface area contributed by atoms with E-state index < -0.39 is 17.7 Å². The highest BCUT2D eigenvalue weighted by atomic mass is 19.1. The molecule has 3 amide bonds. The molecule has 1 aliphatic rings. The second-order valence-electron chi connectivity index (χ2n) is 6.59. The Bertz CT molecular complexity index is 818. The number of nitrogens with one attached hydrogen (secondary N) is 3. The van der Waals surface area contributed by atoms with E-state index in [4.69, 9.17) is 0 Å². The molecule has 0 atom stereocenters. The normalized spacial score (nSPS) is 14.4. The van der Waals surface area contributed by atoms with Crippen LogP contribution in [0.3, 0.4) is 0 Å². The van der Waals surface area contributed by atoms with Crippen molar-refractivity contribution in [3.8, 4) is 0 Å². The van der Waals surface area contributed by atoms with Gasteiger partial charge < -0.3 is 16.0 Å². The van der Waals surface area contributed by atoms with Gasteiger partial charge in [-0.2, -0.15) is 0 Å². The predicted octanol–water partition coefficient (Wildman–Crippen LogP) is 4.67. The first-order valence-corrected chi connectivity index (χ1v) is 8.95. The lowest BCUT2D eigenvalue weighted by molar-refractivity contribution is 0.0927. The molecule has 0 aliphatic heterocycles. The van der Waals surface area contributed by atoms with E-state index >= 15 is 0 Å². The first kappa shape index (κ1) is 18.8. The van der Waals surface area contributed by atoms with Gasteiger partial charge in [-0.25, -0.2) is 13.6 Å². The van der Waals surface area contributed by atoms with Gasteiger partial charge in [-0.3, -0.25) is 4.79 Å². The predicted molar refractivity (Wildman–Crippen MR) is 99.8 cm³/mol. The SMILES string of the molecule is O=C(Nc1ccc(C(=O)NC2CCCCC2)cc1)Nc1ccc(F)cc1F. The van der Waals surface area contributed by atoms with E-state index in [1.54, 1.807) is 24.3 Å². The maximum absolute atomic E-state index is 13.6. The Balaban J connectivity index is 1.55. The molecule has 0 spiro atoms. The quantitative estimate of drug-likeness (QED) is 0.729. The molecule has 0 heterocycles. The van der Waals surface area contributed by atoms with E-state index in [2.05, 4.69) is 16.0 Å². The highest BCUT2D eigenvalue weighted by molar-refractivity contribution is 6.00. The molecule has 1 aliphatic carbocycles. The fourth-order valence-electron chi connectivity index (χ4n) is 3.10. The zero-order valence-corrected chi connectivity index (χ0v) is 14.7. The Morgan fingerprint density at radius 3 is 2.26 bits per heavy atom. The summed E-state index contributed by atoms with van der Waals surface area (Å²) in [7, 11) is 0. The van der Waals surface area contributed by atoms with Crippen molar-refractivity contribution >= 4 is 23.3 Å². The molecular weight excluding hydrogens is 352 g/mol. The van der Waals surface area contributed by atoms with Gasteiger partial charge in [0.25, 0.3) is 5.91 Å². The van der Waals surface area contributed by atoms with Crippen molar-refractivity contribution in [1.29, 1.82) is 0 Å². The summed E-state index contributed by atoms with van der Waals surface area (Å²) in [6, 6.07) is 8.86. The van der Waals surface area contributed by atoms with E-state index in [9.17, 15) is 18.4 Å². The summed E-state index contributed by atoms with van der Waals surface area (Å²) in [5, 5.41) is 7.87. The van der Waals surface area contributed by atoms with Gasteiger partial charge in [0.2, 0.25) is 0 Å². The van der Waals surface area contributed by atoms with Crippen LogP contribution in [0, 0.1) is 11.6 Å². The monoisotopic (exact) mass is 373 g/mol. The van der Waals surface area contributed by atoms with E-state index in [0.29, 0.717) is 17.3 Å². The Hall–Kier alpha value is -2.96. The molecule has 2 aromatic rings. The van der Waals surface area contributed by atoms with Gasteiger partial charge in [0.15, 0.2) is 0 Å². The number of hydrogen-bond donors (Lipinski definition) is 3. The minimum Gasteiger partial charge on any atom is -0.349 e. The third-order valence-electron chi connectivity index (χ3n) is 4.52. The van der Waals surface area contributed by atoms with Crippen molar-refractivity contribution in [3.05, 3.63) is 59.7 Å². The molecular formula is C20H21F2N3O2. The highest BCUT2D eigenvalue weighted by Gasteiger charge is 2.16. The summed E-state index contributed by atoms with van der Waals surface area (Å²) in [5.41, 5.74) is 0.831. The maximum Gasteiger partial charge on any atom is 0.323 e. The fraction of sp³-hybridized carbons (Fsp3) is 0.300. The van der Waals surface area contributed by atoms with Gasteiger partial charge in [0.1, 0.15) is 11.6 Å². The number of carbonyl (C=O) groups excluding carboxylic acids is 2. The Morgan fingerprint density at radius 1 is 0.889 bits per heavy atom. The van der Waals surface area contributed by atoms with Crippen LogP contribution in [0.25, 0.3) is 0 Å². The number of carbonyl (C=O) groups is 2. The average Bonchev–Trinajstić information content (AvgIpc) is 2.65. The third kappa shape index (κ3) is 5.26. The number of hydrogen-bond acceptors (Lipinski definition) is 2. The second kappa shape index (κ2) is 8.62. The van der Waals surface area contributed by atoms with E-state index in [1.165, 1.54) is 6.42 Å². The van der Waals surface area contributed by atoms with Crippen LogP contribution < -0.4 is 16.0 Å². The van der Waals surface area contributed by atoms with E-state index in [0.717, 1.165) is 37.8 Å². The van der Waals surface area contributed by atoms with E-state index in [1.807, 2.05) is 0 Å². The van der Waals surface area contributed by atoms with Crippen LogP contribution in [0.2, 0.25) is 0 Å². The fourth-order valence-corrected chi connectivity index (χ4v) is 3.10. The molecule has 1 saturated carbocycles. The minimum absolute atomic E-state index is 0.127. The number of amides is 3. The van der Waals surface area contributed by atoms with Crippen molar-refractivity contribution in [2.75, 3.05) is 10.6 Å². The van der Waals surface area contributed by atoms with Crippen LogP contribution in [0.1, 0.15) is 42.5 Å². The lowest BCUT2D eigenvalue weighted by atomic mass is 9.95. The molecule has 0 radical (unpaired) electrons. The van der Waals surface area contributed by atoms with Gasteiger partial charge >= 0.3 is 6.03 Å². The summed E-state index contributed by atoms with van der Waals surface area (Å²) < 4.78 is 26.4. The Morgan fingerprint density at radius 2 is 1.59 bits per heavy atom. The zero-order valence-electron chi connectivity index (χ0n) is 14.7. The van der Waals surface area contributed by atoms with Crippen LogP contribution in [-0.4, -0.2) is 18.0 Å². The molecule has 142 valence electrons. The van der Waals surface area contributed by atoms with Crippen LogP contribution in [-0.2, 0) is 0 Å². The molecule has 0 unspecified atom stereocenters. The van der Waals surface area contributed by atoms with Gasteiger partial charge in [-0.1, -0.05) is 19.3 Å². The molecule has 0 saturated heterocycles. The topological polar surface area (TPSA) is 70.2 Å². The van der Waals surface area contributed by atoms with Crippen LogP contribution in [0.5, 0.6) is 0 Å². The van der Waals surface area contributed by atoms with Crippen LogP contribution >= 0.6 is 0 Å².